The third-order valence-electron chi connectivity index (χ3n) is 5.98. The van der Waals surface area contributed by atoms with E-state index in [9.17, 15) is 4.79 Å². The lowest BCUT2D eigenvalue weighted by atomic mass is 9.76. The number of ketones is 1. The van der Waals surface area contributed by atoms with E-state index < -0.39 is 0 Å². The molecule has 0 amide bonds. The molecule has 1 aliphatic rings. The lowest BCUT2D eigenvalue weighted by molar-refractivity contribution is -0.124. The second-order valence-electron chi connectivity index (χ2n) is 8.99. The Labute approximate surface area is 168 Å². The lowest BCUT2D eigenvalue weighted by Gasteiger charge is -2.30. The zero-order chi connectivity index (χ0) is 20.0. The summed E-state index contributed by atoms with van der Waals surface area (Å²) in [6, 6.07) is 0. The van der Waals surface area contributed by atoms with Crippen LogP contribution in [0.5, 0.6) is 0 Å². The molecular weight excluding hydrogens is 334 g/mol. The zero-order valence-corrected chi connectivity index (χ0v) is 18.4. The number of allylic oxidation sites excluding steroid dienone is 2. The molecule has 0 atom stereocenters. The van der Waals surface area contributed by atoms with Gasteiger partial charge in [-0.1, -0.05) is 84.5 Å². The summed E-state index contributed by atoms with van der Waals surface area (Å²) in [6.45, 7) is 7.63. The van der Waals surface area contributed by atoms with Crippen LogP contribution in [0.1, 0.15) is 117 Å². The zero-order valence-electron chi connectivity index (χ0n) is 18.4. The summed E-state index contributed by atoms with van der Waals surface area (Å²) in [6.07, 6.45) is 19.1. The molecule has 0 radical (unpaired) electrons. The molecule has 2 N–H and O–H groups in total. The highest BCUT2D eigenvalue weighted by molar-refractivity contribution is 6.00. The lowest BCUT2D eigenvalue weighted by Crippen LogP contribution is -2.30. The normalized spacial score (nSPS) is 16.8. The number of unbranched alkanes of at least 4 members (excludes halogenated alkanes) is 12. The largest absolute Gasteiger partial charge is 0.498 e. The van der Waals surface area contributed by atoms with E-state index >= 15 is 0 Å². The summed E-state index contributed by atoms with van der Waals surface area (Å²) in [5.41, 5.74) is 6.15. The molecule has 1 aliphatic carbocycles. The highest BCUT2D eigenvalue weighted by Gasteiger charge is 2.34. The molecule has 3 heteroatoms. The number of nitrogens with two attached hydrogens (primary N) is 1. The number of carbonyl (C=O) groups is 1. The van der Waals surface area contributed by atoms with Crippen molar-refractivity contribution in [3.63, 3.8) is 0 Å². The van der Waals surface area contributed by atoms with Crippen molar-refractivity contribution in [2.75, 3.05) is 13.2 Å². The van der Waals surface area contributed by atoms with E-state index in [1.54, 1.807) is 0 Å². The first kappa shape index (κ1) is 24.2. The van der Waals surface area contributed by atoms with E-state index in [0.29, 0.717) is 0 Å². The molecule has 0 heterocycles. The van der Waals surface area contributed by atoms with E-state index in [4.69, 9.17) is 10.5 Å². The second-order valence-corrected chi connectivity index (χ2v) is 8.99. The standard InChI is InChI=1S/C24H45NO2/c1-21-22(17-18-24(2,3)23(21)26)27-20-16-14-12-10-8-6-4-5-7-9-11-13-15-19-25/h4-20,25H2,1-3H3. The van der Waals surface area contributed by atoms with Crippen LogP contribution in [-0.4, -0.2) is 18.9 Å². The Morgan fingerprint density at radius 3 is 1.74 bits per heavy atom. The molecule has 1 rings (SSSR count). The number of hydrogen-bond donors (Lipinski definition) is 1. The fraction of sp³-hybridized carbons (Fsp3) is 0.875. The Kier molecular flexibility index (Phi) is 12.7. The fourth-order valence-corrected chi connectivity index (χ4v) is 3.93. The minimum absolute atomic E-state index is 0.207. The van der Waals surface area contributed by atoms with E-state index in [1.165, 1.54) is 77.0 Å². The van der Waals surface area contributed by atoms with Crippen LogP contribution in [0.15, 0.2) is 11.3 Å². The van der Waals surface area contributed by atoms with Crippen molar-refractivity contribution in [1.82, 2.24) is 0 Å². The molecule has 0 aromatic rings. The van der Waals surface area contributed by atoms with Gasteiger partial charge >= 0.3 is 0 Å². The van der Waals surface area contributed by atoms with E-state index in [-0.39, 0.29) is 11.2 Å². The number of Topliss-reactive ketones (excluding diaryl/α,β-unsaturated/α-hetero) is 1. The molecule has 0 saturated heterocycles. The minimum atomic E-state index is -0.207. The van der Waals surface area contributed by atoms with Crippen LogP contribution in [0.25, 0.3) is 0 Å². The van der Waals surface area contributed by atoms with Gasteiger partial charge in [0.2, 0.25) is 0 Å². The fourth-order valence-electron chi connectivity index (χ4n) is 3.93. The van der Waals surface area contributed by atoms with E-state index in [1.807, 2.05) is 20.8 Å². The van der Waals surface area contributed by atoms with Crippen LogP contribution in [0.2, 0.25) is 0 Å². The molecule has 0 unspecified atom stereocenters. The maximum atomic E-state index is 12.3. The van der Waals surface area contributed by atoms with Crippen molar-refractivity contribution >= 4 is 5.78 Å². The third kappa shape index (κ3) is 10.3. The Bertz CT molecular complexity index is 440. The highest BCUT2D eigenvalue weighted by atomic mass is 16.5. The molecule has 0 saturated carbocycles. The second kappa shape index (κ2) is 14.2. The number of carbonyl (C=O) groups excluding carboxylic acids is 1. The molecular formula is C24H45NO2. The van der Waals surface area contributed by atoms with Crippen LogP contribution in [0.4, 0.5) is 0 Å². The molecule has 0 aromatic heterocycles. The molecule has 0 spiro atoms. The van der Waals surface area contributed by atoms with Crippen molar-refractivity contribution < 1.29 is 9.53 Å². The molecule has 0 aliphatic heterocycles. The van der Waals surface area contributed by atoms with Gasteiger partial charge in [-0.15, -0.1) is 0 Å². The molecule has 27 heavy (non-hydrogen) atoms. The maximum Gasteiger partial charge on any atom is 0.167 e. The molecule has 158 valence electrons. The predicted octanol–water partition coefficient (Wildman–Crippen LogP) is 6.70. The Balaban J connectivity index is 1.90. The maximum absolute atomic E-state index is 12.3. The van der Waals surface area contributed by atoms with Crippen LogP contribution in [0, 0.1) is 5.41 Å². The summed E-state index contributed by atoms with van der Waals surface area (Å²) in [5, 5.41) is 0. The van der Waals surface area contributed by atoms with Gasteiger partial charge in [-0.3, -0.25) is 4.79 Å². The van der Waals surface area contributed by atoms with Gasteiger partial charge in [-0.2, -0.15) is 0 Å². The van der Waals surface area contributed by atoms with Gasteiger partial charge in [0.25, 0.3) is 0 Å². The molecule has 3 nitrogen and oxygen atoms in total. The number of hydrogen-bond acceptors (Lipinski definition) is 3. The van der Waals surface area contributed by atoms with Crippen molar-refractivity contribution in [2.45, 2.75) is 117 Å². The minimum Gasteiger partial charge on any atom is -0.498 e. The SMILES string of the molecule is CC1=C(OCCCCCCCCCCCCCCCN)CCC(C)(C)C1=O. The Morgan fingerprint density at radius 2 is 1.26 bits per heavy atom. The summed E-state index contributed by atoms with van der Waals surface area (Å²) in [5.74, 6) is 1.21. The van der Waals surface area contributed by atoms with Gasteiger partial charge in [0.15, 0.2) is 5.78 Å². The summed E-state index contributed by atoms with van der Waals surface area (Å²) in [4.78, 5) is 12.3. The molecule has 0 fully saturated rings. The first-order chi connectivity index (χ1) is 13.0. The first-order valence-electron chi connectivity index (χ1n) is 11.6. The van der Waals surface area contributed by atoms with Crippen LogP contribution >= 0.6 is 0 Å². The smallest absolute Gasteiger partial charge is 0.167 e. The van der Waals surface area contributed by atoms with Crippen molar-refractivity contribution in [3.05, 3.63) is 11.3 Å². The summed E-state index contributed by atoms with van der Waals surface area (Å²) < 4.78 is 5.92. The highest BCUT2D eigenvalue weighted by Crippen LogP contribution is 2.35. The van der Waals surface area contributed by atoms with Gasteiger partial charge < -0.3 is 10.5 Å². The van der Waals surface area contributed by atoms with Crippen molar-refractivity contribution in [1.29, 1.82) is 0 Å². The summed E-state index contributed by atoms with van der Waals surface area (Å²) >= 11 is 0. The van der Waals surface area contributed by atoms with Gasteiger partial charge in [0.05, 0.1) is 6.61 Å². The predicted molar refractivity (Wildman–Crippen MR) is 116 cm³/mol. The monoisotopic (exact) mass is 379 g/mol. The van der Waals surface area contributed by atoms with Crippen LogP contribution < -0.4 is 5.73 Å². The van der Waals surface area contributed by atoms with Crippen LogP contribution in [0.3, 0.4) is 0 Å². The number of ether oxygens (including phenoxy) is 1. The average molecular weight is 380 g/mol. The van der Waals surface area contributed by atoms with Gasteiger partial charge in [0, 0.05) is 17.4 Å². The Morgan fingerprint density at radius 1 is 0.815 bits per heavy atom. The first-order valence-corrected chi connectivity index (χ1v) is 11.6. The van der Waals surface area contributed by atoms with E-state index in [2.05, 4.69) is 0 Å². The summed E-state index contributed by atoms with van der Waals surface area (Å²) in [7, 11) is 0. The van der Waals surface area contributed by atoms with Crippen molar-refractivity contribution in [3.8, 4) is 0 Å². The molecule has 0 bridgehead atoms. The quantitative estimate of drug-likeness (QED) is 0.304. The van der Waals surface area contributed by atoms with Crippen LogP contribution in [-0.2, 0) is 9.53 Å². The average Bonchev–Trinajstić information content (AvgIpc) is 2.65. The Hall–Kier alpha value is -0.830. The number of rotatable bonds is 16. The molecule has 0 aromatic carbocycles. The van der Waals surface area contributed by atoms with Gasteiger partial charge in [0.1, 0.15) is 5.76 Å². The van der Waals surface area contributed by atoms with E-state index in [0.717, 1.165) is 43.7 Å². The van der Waals surface area contributed by atoms with Gasteiger partial charge in [-0.25, -0.2) is 0 Å². The van der Waals surface area contributed by atoms with Crippen molar-refractivity contribution in [2.24, 2.45) is 11.1 Å². The third-order valence-corrected chi connectivity index (χ3v) is 5.98. The topological polar surface area (TPSA) is 52.3 Å². The van der Waals surface area contributed by atoms with Gasteiger partial charge in [-0.05, 0) is 32.7 Å².